The summed E-state index contributed by atoms with van der Waals surface area (Å²) in [4.78, 5) is 25.7. The van der Waals surface area contributed by atoms with Crippen LogP contribution in [0.3, 0.4) is 0 Å². The number of hydrogen-bond donors (Lipinski definition) is 2. The highest BCUT2D eigenvalue weighted by atomic mass is 35.5. The summed E-state index contributed by atoms with van der Waals surface area (Å²) in [7, 11) is 0. The van der Waals surface area contributed by atoms with Gasteiger partial charge in [-0.3, -0.25) is 14.2 Å². The molecule has 1 aliphatic heterocycles. The minimum atomic E-state index is -0.887. The molecular formula is C22H14Cl2N4O2S. The predicted molar refractivity (Wildman–Crippen MR) is 123 cm³/mol. The van der Waals surface area contributed by atoms with Gasteiger partial charge in [0.2, 0.25) is 5.91 Å². The number of amides is 1. The molecule has 1 atom stereocenters. The molecule has 4 N–H and O–H groups in total. The molecule has 31 heavy (non-hydrogen) atoms. The summed E-state index contributed by atoms with van der Waals surface area (Å²) in [5.74, 6) is -1.72. The van der Waals surface area contributed by atoms with Crippen LogP contribution < -0.4 is 26.2 Å². The number of allylic oxidation sites excluding steroid dienone is 1. The molecule has 6 nitrogen and oxygen atoms in total. The first-order valence-corrected chi connectivity index (χ1v) is 10.6. The van der Waals surface area contributed by atoms with E-state index in [2.05, 4.69) is 0 Å². The van der Waals surface area contributed by atoms with Crippen LogP contribution in [-0.2, 0) is 4.79 Å². The normalized spacial score (nSPS) is 16.2. The zero-order valence-electron chi connectivity index (χ0n) is 15.8. The largest absolute Gasteiger partial charge is 0.384 e. The molecule has 3 aromatic rings. The molecule has 0 saturated heterocycles. The number of fused-ring (bicyclic) bond motifs is 1. The van der Waals surface area contributed by atoms with E-state index in [1.54, 1.807) is 54.6 Å². The number of primary amides is 1. The van der Waals surface area contributed by atoms with Crippen LogP contribution in [0.2, 0.25) is 10.0 Å². The van der Waals surface area contributed by atoms with E-state index in [1.807, 2.05) is 6.07 Å². The van der Waals surface area contributed by atoms with Crippen molar-refractivity contribution in [3.63, 3.8) is 0 Å². The van der Waals surface area contributed by atoms with Crippen LogP contribution >= 0.6 is 34.5 Å². The Morgan fingerprint density at radius 3 is 2.39 bits per heavy atom. The number of nitrogens with zero attached hydrogens (tertiary/aromatic N) is 2. The number of nitrogens with two attached hydrogens (primary N) is 2. The van der Waals surface area contributed by atoms with Gasteiger partial charge in [-0.25, -0.2) is 0 Å². The van der Waals surface area contributed by atoms with Crippen molar-refractivity contribution in [2.75, 3.05) is 0 Å². The van der Waals surface area contributed by atoms with Crippen molar-refractivity contribution in [2.24, 2.45) is 11.5 Å². The third-order valence-corrected chi connectivity index (χ3v) is 6.74. The summed E-state index contributed by atoms with van der Waals surface area (Å²) in [6, 6.07) is 15.9. The van der Waals surface area contributed by atoms with Gasteiger partial charge in [0.25, 0.3) is 5.56 Å². The minimum absolute atomic E-state index is 0.0265. The van der Waals surface area contributed by atoms with E-state index in [0.717, 1.165) is 15.9 Å². The van der Waals surface area contributed by atoms with Gasteiger partial charge in [-0.05, 0) is 29.3 Å². The molecule has 154 valence electrons. The molecule has 0 radical (unpaired) electrons. The maximum atomic E-state index is 13.2. The molecule has 4 rings (SSSR count). The molecule has 1 amide bonds. The summed E-state index contributed by atoms with van der Waals surface area (Å²) in [6.07, 6.45) is 1.61. The van der Waals surface area contributed by atoms with Crippen LogP contribution in [0.4, 0.5) is 0 Å². The number of carbonyl (C=O) groups is 1. The maximum Gasteiger partial charge on any atom is 0.274 e. The lowest BCUT2D eigenvalue weighted by Crippen LogP contribution is -2.41. The first kappa shape index (κ1) is 20.9. The molecule has 0 bridgehead atoms. The number of thiazole rings is 1. The molecular weight excluding hydrogens is 455 g/mol. The van der Waals surface area contributed by atoms with Gasteiger partial charge in [-0.15, -0.1) is 11.3 Å². The Morgan fingerprint density at radius 1 is 1.13 bits per heavy atom. The topological polar surface area (TPSA) is 115 Å². The highest BCUT2D eigenvalue weighted by Gasteiger charge is 2.35. The Bertz CT molecular complexity index is 1490. The highest BCUT2D eigenvalue weighted by molar-refractivity contribution is 7.07. The van der Waals surface area contributed by atoms with Crippen molar-refractivity contribution in [3.8, 4) is 6.07 Å². The Morgan fingerprint density at radius 2 is 1.77 bits per heavy atom. The lowest BCUT2D eigenvalue weighted by atomic mass is 9.83. The second-order valence-electron chi connectivity index (χ2n) is 6.72. The SMILES string of the molecule is N#CC1=C(N)n2c(sc(=Cc3ccccc3Cl)c2=O)=C(C(N)=O)C1c1ccccc1Cl. The number of hydrogen-bond acceptors (Lipinski definition) is 5. The van der Waals surface area contributed by atoms with Gasteiger partial charge < -0.3 is 11.5 Å². The van der Waals surface area contributed by atoms with Crippen molar-refractivity contribution in [2.45, 2.75) is 5.92 Å². The Kier molecular flexibility index (Phi) is 5.46. The van der Waals surface area contributed by atoms with Crippen molar-refractivity contribution < 1.29 is 4.79 Å². The van der Waals surface area contributed by atoms with E-state index in [9.17, 15) is 14.9 Å². The summed E-state index contributed by atoms with van der Waals surface area (Å²) in [5, 5.41) is 10.7. The molecule has 2 heterocycles. The predicted octanol–water partition coefficient (Wildman–Crippen LogP) is 2.13. The second-order valence-corrected chi connectivity index (χ2v) is 8.57. The first-order chi connectivity index (χ1) is 14.8. The number of halogens is 2. The fourth-order valence-corrected chi connectivity index (χ4v) is 5.15. The Balaban J connectivity index is 2.13. The van der Waals surface area contributed by atoms with Gasteiger partial charge in [0.15, 0.2) is 0 Å². The number of carbonyl (C=O) groups excluding carboxylic acids is 1. The highest BCUT2D eigenvalue weighted by Crippen LogP contribution is 2.38. The Hall–Kier alpha value is -3.31. The monoisotopic (exact) mass is 468 g/mol. The van der Waals surface area contributed by atoms with Gasteiger partial charge >= 0.3 is 0 Å². The molecule has 1 aromatic heterocycles. The maximum absolute atomic E-state index is 13.2. The number of benzene rings is 2. The van der Waals surface area contributed by atoms with Crippen LogP contribution in [0.1, 0.15) is 17.0 Å². The summed E-state index contributed by atoms with van der Waals surface area (Å²) >= 11 is 13.6. The van der Waals surface area contributed by atoms with E-state index in [1.165, 1.54) is 0 Å². The van der Waals surface area contributed by atoms with Crippen molar-refractivity contribution in [1.82, 2.24) is 4.57 Å². The molecule has 9 heteroatoms. The first-order valence-electron chi connectivity index (χ1n) is 9.01. The lowest BCUT2D eigenvalue weighted by molar-refractivity contribution is -0.113. The minimum Gasteiger partial charge on any atom is -0.384 e. The van der Waals surface area contributed by atoms with Crippen LogP contribution in [0.15, 0.2) is 58.9 Å². The van der Waals surface area contributed by atoms with Crippen molar-refractivity contribution in [3.05, 3.63) is 94.8 Å². The molecule has 0 spiro atoms. The van der Waals surface area contributed by atoms with Crippen molar-refractivity contribution in [1.29, 1.82) is 5.26 Å². The van der Waals surface area contributed by atoms with E-state index in [4.69, 9.17) is 34.7 Å². The number of aromatic nitrogens is 1. The lowest BCUT2D eigenvalue weighted by Gasteiger charge is -2.24. The van der Waals surface area contributed by atoms with E-state index < -0.39 is 17.4 Å². The molecule has 2 aromatic carbocycles. The summed E-state index contributed by atoms with van der Waals surface area (Å²) < 4.78 is 1.71. The quantitative estimate of drug-likeness (QED) is 0.612. The second kappa shape index (κ2) is 8.08. The third kappa shape index (κ3) is 3.45. The van der Waals surface area contributed by atoms with E-state index in [-0.39, 0.29) is 21.6 Å². The summed E-state index contributed by atoms with van der Waals surface area (Å²) in [5.41, 5.74) is 12.8. The van der Waals surface area contributed by atoms with Crippen LogP contribution in [0.25, 0.3) is 17.5 Å². The smallest absolute Gasteiger partial charge is 0.274 e. The van der Waals surface area contributed by atoms with Gasteiger partial charge in [0, 0.05) is 10.0 Å². The fourth-order valence-electron chi connectivity index (χ4n) is 3.54. The zero-order valence-corrected chi connectivity index (χ0v) is 18.1. The molecule has 1 aliphatic rings. The molecule has 1 unspecified atom stereocenters. The Labute approximate surface area is 190 Å². The zero-order chi connectivity index (χ0) is 22.3. The number of rotatable bonds is 3. The fraction of sp³-hybridized carbons (Fsp3) is 0.0455. The van der Waals surface area contributed by atoms with Crippen molar-refractivity contribution >= 4 is 57.9 Å². The van der Waals surface area contributed by atoms with Gasteiger partial charge in [0.05, 0.1) is 27.7 Å². The van der Waals surface area contributed by atoms with E-state index in [0.29, 0.717) is 25.7 Å². The third-order valence-electron chi connectivity index (χ3n) is 4.94. The number of nitriles is 1. The molecule has 0 aliphatic carbocycles. The standard InChI is InChI=1S/C22H14Cl2N4O2S/c23-14-7-3-1-5-11(14)9-16-21(30)28-19(26)13(10-25)17(12-6-2-4-8-15(12)24)18(20(27)29)22(28)31-16/h1-9,17H,26H2,(H2,27,29). The van der Waals surface area contributed by atoms with E-state index >= 15 is 0 Å². The molecule has 0 fully saturated rings. The average molecular weight is 469 g/mol. The van der Waals surface area contributed by atoms with Gasteiger partial charge in [-0.1, -0.05) is 59.6 Å². The molecule has 0 saturated carbocycles. The summed E-state index contributed by atoms with van der Waals surface area (Å²) in [6.45, 7) is 0. The van der Waals surface area contributed by atoms with Crippen LogP contribution in [0, 0.1) is 11.3 Å². The average Bonchev–Trinajstić information content (AvgIpc) is 3.05. The van der Waals surface area contributed by atoms with Crippen LogP contribution in [-0.4, -0.2) is 10.5 Å². The van der Waals surface area contributed by atoms with Crippen LogP contribution in [0.5, 0.6) is 0 Å². The van der Waals surface area contributed by atoms with Gasteiger partial charge in [-0.2, -0.15) is 5.26 Å². The van der Waals surface area contributed by atoms with Gasteiger partial charge in [0.1, 0.15) is 10.5 Å².